The zero-order valence-corrected chi connectivity index (χ0v) is 13.9. The lowest BCUT2D eigenvalue weighted by atomic mass is 10.1. The largest absolute Gasteiger partial charge is 0.381 e. The van der Waals surface area contributed by atoms with Gasteiger partial charge in [-0.05, 0) is 31.7 Å². The van der Waals surface area contributed by atoms with Crippen LogP contribution < -0.4 is 0 Å². The fraction of sp³-hybridized carbons (Fsp3) is 0.588. The maximum absolute atomic E-state index is 12.8. The summed E-state index contributed by atoms with van der Waals surface area (Å²) >= 11 is 0. The molecule has 1 aliphatic heterocycles. The second kappa shape index (κ2) is 6.39. The normalized spacial score (nSPS) is 20.7. The van der Waals surface area contributed by atoms with E-state index in [-0.39, 0.29) is 11.8 Å². The van der Waals surface area contributed by atoms with Gasteiger partial charge in [0.15, 0.2) is 5.69 Å². The van der Waals surface area contributed by atoms with Crippen molar-refractivity contribution in [2.24, 2.45) is 11.8 Å². The molecular weight excluding hydrogens is 308 g/mol. The van der Waals surface area contributed by atoms with Crippen molar-refractivity contribution in [2.45, 2.75) is 32.9 Å². The topological polar surface area (TPSA) is 73.4 Å². The van der Waals surface area contributed by atoms with E-state index in [1.54, 1.807) is 19.2 Å². The first-order valence-electron chi connectivity index (χ1n) is 8.50. The molecular formula is C17H22N4O3. The number of fused-ring (bicyclic) bond motifs is 1. The number of ether oxygens (including phenoxy) is 1. The molecule has 0 saturated heterocycles. The van der Waals surface area contributed by atoms with Gasteiger partial charge in [0.05, 0.1) is 18.8 Å². The molecule has 2 aliphatic rings. The van der Waals surface area contributed by atoms with Crippen molar-refractivity contribution in [1.29, 1.82) is 0 Å². The summed E-state index contributed by atoms with van der Waals surface area (Å²) in [5, 5.41) is 8.25. The van der Waals surface area contributed by atoms with Crippen molar-refractivity contribution in [3.05, 3.63) is 35.5 Å². The molecule has 0 bridgehead atoms. The molecule has 4 rings (SSSR count). The summed E-state index contributed by atoms with van der Waals surface area (Å²) in [6.45, 7) is 5.21. The minimum atomic E-state index is -0.103. The van der Waals surface area contributed by atoms with Gasteiger partial charge < -0.3 is 14.2 Å². The molecule has 0 spiro atoms. The standard InChI is InChI=1S/C17H22N4O3/c1-12-6-16(19-24-12)17(22)20-7-14(11-23-10-13-2-3-13)8-21-15(9-20)4-5-18-21/h4-6,13-14H,2-3,7-11H2,1H3. The summed E-state index contributed by atoms with van der Waals surface area (Å²) in [4.78, 5) is 14.6. The first kappa shape index (κ1) is 15.4. The van der Waals surface area contributed by atoms with E-state index >= 15 is 0 Å². The van der Waals surface area contributed by atoms with Crippen LogP contribution in [0.3, 0.4) is 0 Å². The highest BCUT2D eigenvalue weighted by Crippen LogP contribution is 2.29. The van der Waals surface area contributed by atoms with E-state index in [0.717, 1.165) is 24.8 Å². The van der Waals surface area contributed by atoms with E-state index in [4.69, 9.17) is 9.26 Å². The van der Waals surface area contributed by atoms with Crippen molar-refractivity contribution in [3.63, 3.8) is 0 Å². The van der Waals surface area contributed by atoms with Crippen molar-refractivity contribution in [1.82, 2.24) is 19.8 Å². The Bertz CT molecular complexity index is 719. The van der Waals surface area contributed by atoms with Gasteiger partial charge in [0, 0.05) is 37.9 Å². The second-order valence-electron chi connectivity index (χ2n) is 6.86. The molecule has 2 aromatic rings. The quantitative estimate of drug-likeness (QED) is 0.837. The van der Waals surface area contributed by atoms with E-state index in [1.165, 1.54) is 12.8 Å². The Morgan fingerprint density at radius 3 is 2.92 bits per heavy atom. The third-order valence-electron chi connectivity index (χ3n) is 4.61. The number of carbonyl (C=O) groups excluding carboxylic acids is 1. The highest BCUT2D eigenvalue weighted by atomic mass is 16.5. The maximum atomic E-state index is 12.8. The monoisotopic (exact) mass is 330 g/mol. The molecule has 1 fully saturated rings. The number of amides is 1. The molecule has 0 aromatic carbocycles. The Kier molecular flexibility index (Phi) is 4.10. The van der Waals surface area contributed by atoms with Crippen LogP contribution in [0.4, 0.5) is 0 Å². The zero-order chi connectivity index (χ0) is 16.5. The van der Waals surface area contributed by atoms with Crippen LogP contribution in [0.5, 0.6) is 0 Å². The van der Waals surface area contributed by atoms with E-state index in [0.29, 0.717) is 31.2 Å². The molecule has 1 amide bonds. The van der Waals surface area contributed by atoms with Crippen LogP contribution in [0.25, 0.3) is 0 Å². The van der Waals surface area contributed by atoms with Gasteiger partial charge in [-0.3, -0.25) is 9.48 Å². The van der Waals surface area contributed by atoms with Gasteiger partial charge in [-0.1, -0.05) is 5.16 Å². The number of aromatic nitrogens is 3. The zero-order valence-electron chi connectivity index (χ0n) is 13.9. The lowest BCUT2D eigenvalue weighted by Gasteiger charge is -2.23. The number of aryl methyl sites for hydroxylation is 1. The van der Waals surface area contributed by atoms with Gasteiger partial charge in [-0.2, -0.15) is 5.10 Å². The molecule has 0 radical (unpaired) electrons. The number of hydrogen-bond donors (Lipinski definition) is 0. The van der Waals surface area contributed by atoms with Gasteiger partial charge in [0.2, 0.25) is 0 Å². The van der Waals surface area contributed by atoms with Crippen molar-refractivity contribution < 1.29 is 14.1 Å². The molecule has 1 aliphatic carbocycles. The molecule has 128 valence electrons. The first-order valence-corrected chi connectivity index (χ1v) is 8.50. The van der Waals surface area contributed by atoms with Crippen molar-refractivity contribution >= 4 is 5.91 Å². The molecule has 1 unspecified atom stereocenters. The van der Waals surface area contributed by atoms with Gasteiger partial charge in [-0.25, -0.2) is 0 Å². The van der Waals surface area contributed by atoms with Crippen LogP contribution in [-0.4, -0.2) is 45.5 Å². The Hall–Kier alpha value is -2.15. The molecule has 0 N–H and O–H groups in total. The van der Waals surface area contributed by atoms with E-state index in [2.05, 4.69) is 10.3 Å². The predicted octanol–water partition coefficient (Wildman–Crippen LogP) is 1.88. The Morgan fingerprint density at radius 2 is 2.17 bits per heavy atom. The van der Waals surface area contributed by atoms with Crippen LogP contribution in [0.15, 0.2) is 22.9 Å². The maximum Gasteiger partial charge on any atom is 0.276 e. The van der Waals surface area contributed by atoms with Crippen LogP contribution in [0, 0.1) is 18.8 Å². The predicted molar refractivity (Wildman–Crippen MR) is 85.2 cm³/mol. The minimum Gasteiger partial charge on any atom is -0.381 e. The Labute approximate surface area is 140 Å². The Morgan fingerprint density at radius 1 is 1.33 bits per heavy atom. The first-order chi connectivity index (χ1) is 11.7. The summed E-state index contributed by atoms with van der Waals surface area (Å²) < 4.78 is 12.9. The average Bonchev–Trinajstić information content (AvgIpc) is 3.19. The third-order valence-corrected chi connectivity index (χ3v) is 4.61. The molecule has 2 aromatic heterocycles. The van der Waals surface area contributed by atoms with Gasteiger partial charge in [0.25, 0.3) is 5.91 Å². The van der Waals surface area contributed by atoms with Gasteiger partial charge in [-0.15, -0.1) is 0 Å². The van der Waals surface area contributed by atoms with Crippen LogP contribution in [0.1, 0.15) is 34.8 Å². The number of rotatable bonds is 5. The molecule has 24 heavy (non-hydrogen) atoms. The summed E-state index contributed by atoms with van der Waals surface area (Å²) in [5.41, 5.74) is 1.39. The lowest BCUT2D eigenvalue weighted by Crippen LogP contribution is -2.35. The number of nitrogens with zero attached hydrogens (tertiary/aromatic N) is 4. The summed E-state index contributed by atoms with van der Waals surface area (Å²) in [6, 6.07) is 3.64. The number of hydrogen-bond acceptors (Lipinski definition) is 5. The smallest absolute Gasteiger partial charge is 0.276 e. The summed E-state index contributed by atoms with van der Waals surface area (Å²) in [7, 11) is 0. The van der Waals surface area contributed by atoms with Crippen LogP contribution >= 0.6 is 0 Å². The molecule has 3 heterocycles. The Balaban J connectivity index is 1.48. The molecule has 1 saturated carbocycles. The molecule has 1 atom stereocenters. The van der Waals surface area contributed by atoms with E-state index in [1.807, 2.05) is 15.6 Å². The number of carbonyl (C=O) groups is 1. The van der Waals surface area contributed by atoms with E-state index < -0.39 is 0 Å². The minimum absolute atomic E-state index is 0.103. The van der Waals surface area contributed by atoms with Gasteiger partial charge >= 0.3 is 0 Å². The van der Waals surface area contributed by atoms with Crippen molar-refractivity contribution in [2.75, 3.05) is 19.8 Å². The van der Waals surface area contributed by atoms with Crippen molar-refractivity contribution in [3.8, 4) is 0 Å². The molecule has 7 heteroatoms. The highest BCUT2D eigenvalue weighted by molar-refractivity contribution is 5.92. The summed E-state index contributed by atoms with van der Waals surface area (Å²) in [5.74, 6) is 1.50. The SMILES string of the molecule is Cc1cc(C(=O)N2Cc3ccnn3CC(COCC3CC3)C2)no1. The fourth-order valence-corrected chi connectivity index (χ4v) is 3.11. The highest BCUT2D eigenvalue weighted by Gasteiger charge is 2.28. The third kappa shape index (κ3) is 3.36. The second-order valence-corrected chi connectivity index (χ2v) is 6.86. The van der Waals surface area contributed by atoms with Gasteiger partial charge in [0.1, 0.15) is 5.76 Å². The fourth-order valence-electron chi connectivity index (χ4n) is 3.11. The van der Waals surface area contributed by atoms with Crippen LogP contribution in [-0.2, 0) is 17.8 Å². The van der Waals surface area contributed by atoms with E-state index in [9.17, 15) is 4.79 Å². The lowest BCUT2D eigenvalue weighted by molar-refractivity contribution is 0.0561. The summed E-state index contributed by atoms with van der Waals surface area (Å²) in [6.07, 6.45) is 4.35. The molecule has 7 nitrogen and oxygen atoms in total. The van der Waals surface area contributed by atoms with Crippen LogP contribution in [0.2, 0.25) is 0 Å². The average molecular weight is 330 g/mol.